The Morgan fingerprint density at radius 2 is 1.45 bits per heavy atom. The van der Waals surface area contributed by atoms with E-state index in [9.17, 15) is 19.2 Å². The molecule has 3 amide bonds. The van der Waals surface area contributed by atoms with Gasteiger partial charge < -0.3 is 20.7 Å². The van der Waals surface area contributed by atoms with Gasteiger partial charge in [-0.2, -0.15) is 0 Å². The quantitative estimate of drug-likeness (QED) is 0.0994. The summed E-state index contributed by atoms with van der Waals surface area (Å²) in [4.78, 5) is 51.6. The molecule has 9 heteroatoms. The summed E-state index contributed by atoms with van der Waals surface area (Å²) in [5.41, 5.74) is 3.85. The van der Waals surface area contributed by atoms with Crippen LogP contribution >= 0.6 is 11.8 Å². The third kappa shape index (κ3) is 9.17. The van der Waals surface area contributed by atoms with Crippen LogP contribution in [0.3, 0.4) is 0 Å². The molecule has 0 aliphatic carbocycles. The molecule has 4 rings (SSSR count). The molecule has 44 heavy (non-hydrogen) atoms. The molecule has 0 aliphatic heterocycles. The zero-order valence-corrected chi connectivity index (χ0v) is 25.4. The van der Waals surface area contributed by atoms with Crippen molar-refractivity contribution in [3.8, 4) is 0 Å². The predicted molar refractivity (Wildman–Crippen MR) is 174 cm³/mol. The van der Waals surface area contributed by atoms with Crippen LogP contribution in [0.2, 0.25) is 0 Å². The third-order valence-electron chi connectivity index (χ3n) is 6.34. The number of benzene rings is 4. The molecule has 1 atom stereocenters. The Hall–Kier alpha value is -5.15. The number of esters is 1. The lowest BCUT2D eigenvalue weighted by molar-refractivity contribution is -0.115. The normalized spacial score (nSPS) is 11.7. The van der Waals surface area contributed by atoms with Gasteiger partial charge >= 0.3 is 5.97 Å². The molecular weight excluding hydrogens is 574 g/mol. The molecular formula is C35H33N3O5S. The van der Waals surface area contributed by atoms with Crippen molar-refractivity contribution in [3.05, 3.63) is 131 Å². The second-order valence-electron chi connectivity index (χ2n) is 9.82. The van der Waals surface area contributed by atoms with Gasteiger partial charge in [0.1, 0.15) is 5.70 Å². The lowest BCUT2D eigenvalue weighted by atomic mass is 10.1. The van der Waals surface area contributed by atoms with Gasteiger partial charge in [-0.05, 0) is 93.1 Å². The lowest BCUT2D eigenvalue weighted by Crippen LogP contribution is -2.30. The summed E-state index contributed by atoms with van der Waals surface area (Å²) in [7, 11) is 0. The molecule has 0 saturated carbocycles. The zero-order chi connectivity index (χ0) is 31.5. The average molecular weight is 608 g/mol. The Labute approximate surface area is 260 Å². The number of amides is 3. The van der Waals surface area contributed by atoms with E-state index in [2.05, 4.69) is 16.0 Å². The first-order valence-corrected chi connectivity index (χ1v) is 14.9. The van der Waals surface area contributed by atoms with Crippen molar-refractivity contribution in [2.45, 2.75) is 30.9 Å². The number of hydrogen-bond acceptors (Lipinski definition) is 6. The molecule has 1 unspecified atom stereocenters. The molecule has 0 aliphatic rings. The minimum atomic E-state index is -0.474. The Morgan fingerprint density at radius 1 is 0.795 bits per heavy atom. The van der Waals surface area contributed by atoms with E-state index in [-0.39, 0.29) is 11.6 Å². The summed E-state index contributed by atoms with van der Waals surface area (Å²) < 4.78 is 4.98. The van der Waals surface area contributed by atoms with E-state index in [1.54, 1.807) is 80.6 Å². The van der Waals surface area contributed by atoms with E-state index in [1.165, 1.54) is 11.8 Å². The van der Waals surface area contributed by atoms with E-state index in [1.807, 2.05) is 49.4 Å². The molecule has 3 N–H and O–H groups in total. The highest BCUT2D eigenvalue weighted by Gasteiger charge is 2.17. The maximum atomic E-state index is 13.3. The van der Waals surface area contributed by atoms with Crippen molar-refractivity contribution < 1.29 is 23.9 Å². The monoisotopic (exact) mass is 607 g/mol. The fourth-order valence-corrected chi connectivity index (χ4v) is 4.96. The van der Waals surface area contributed by atoms with Gasteiger partial charge in [0.25, 0.3) is 11.8 Å². The number of nitrogens with one attached hydrogen (secondary N) is 3. The average Bonchev–Trinajstić information content (AvgIpc) is 3.02. The summed E-state index contributed by atoms with van der Waals surface area (Å²) in [5.74, 6) is -1.48. The van der Waals surface area contributed by atoms with Gasteiger partial charge in [-0.1, -0.05) is 48.0 Å². The molecule has 0 spiro atoms. The minimum Gasteiger partial charge on any atom is -0.462 e. The number of carbonyl (C=O) groups is 4. The lowest BCUT2D eigenvalue weighted by Gasteiger charge is -2.14. The molecule has 0 aromatic heterocycles. The zero-order valence-electron chi connectivity index (χ0n) is 24.6. The van der Waals surface area contributed by atoms with Gasteiger partial charge in [-0.3, -0.25) is 14.4 Å². The number of thioether (sulfide) groups is 1. The number of aryl methyl sites for hydroxylation is 1. The van der Waals surface area contributed by atoms with E-state index in [0.29, 0.717) is 29.1 Å². The van der Waals surface area contributed by atoms with Crippen LogP contribution in [0.4, 0.5) is 11.4 Å². The number of carbonyl (C=O) groups excluding carboxylic acids is 4. The largest absolute Gasteiger partial charge is 0.462 e. The number of rotatable bonds is 11. The van der Waals surface area contributed by atoms with E-state index < -0.39 is 23.0 Å². The minimum absolute atomic E-state index is 0.100. The van der Waals surface area contributed by atoms with Crippen LogP contribution in [0.15, 0.2) is 114 Å². The van der Waals surface area contributed by atoms with Crippen LogP contribution in [0.5, 0.6) is 0 Å². The van der Waals surface area contributed by atoms with Crippen LogP contribution in [-0.4, -0.2) is 35.5 Å². The van der Waals surface area contributed by atoms with Crippen molar-refractivity contribution in [2.75, 3.05) is 17.2 Å². The topological polar surface area (TPSA) is 114 Å². The molecule has 224 valence electrons. The number of anilines is 2. The fraction of sp³-hybridized carbons (Fsp3) is 0.143. The predicted octanol–water partition coefficient (Wildman–Crippen LogP) is 6.70. The first-order valence-electron chi connectivity index (χ1n) is 14.0. The number of hydrogen-bond donors (Lipinski definition) is 3. The maximum absolute atomic E-state index is 13.3. The Morgan fingerprint density at radius 3 is 2.11 bits per heavy atom. The van der Waals surface area contributed by atoms with Crippen molar-refractivity contribution in [2.24, 2.45) is 0 Å². The molecule has 0 bridgehead atoms. The second kappa shape index (κ2) is 15.4. The van der Waals surface area contributed by atoms with Gasteiger partial charge in [0.15, 0.2) is 0 Å². The van der Waals surface area contributed by atoms with Crippen molar-refractivity contribution >= 4 is 52.9 Å². The van der Waals surface area contributed by atoms with Gasteiger partial charge in [-0.25, -0.2) is 4.79 Å². The summed E-state index contributed by atoms with van der Waals surface area (Å²) in [6, 6.07) is 29.9. The molecule has 8 nitrogen and oxygen atoms in total. The Bertz CT molecular complexity index is 1650. The summed E-state index contributed by atoms with van der Waals surface area (Å²) >= 11 is 1.36. The van der Waals surface area contributed by atoms with Crippen molar-refractivity contribution in [3.63, 3.8) is 0 Å². The van der Waals surface area contributed by atoms with Crippen LogP contribution in [0.1, 0.15) is 45.7 Å². The maximum Gasteiger partial charge on any atom is 0.338 e. The second-order valence-corrected chi connectivity index (χ2v) is 11.2. The summed E-state index contributed by atoms with van der Waals surface area (Å²) in [6.07, 6.45) is 1.64. The van der Waals surface area contributed by atoms with Crippen LogP contribution in [-0.2, 0) is 14.3 Å². The van der Waals surface area contributed by atoms with Crippen LogP contribution in [0, 0.1) is 6.92 Å². The van der Waals surface area contributed by atoms with Gasteiger partial charge in [0.05, 0.1) is 17.4 Å². The van der Waals surface area contributed by atoms with E-state index in [0.717, 1.165) is 16.0 Å². The molecule has 4 aromatic rings. The number of ether oxygens (including phenoxy) is 1. The smallest absolute Gasteiger partial charge is 0.338 e. The van der Waals surface area contributed by atoms with E-state index >= 15 is 0 Å². The molecule has 4 aromatic carbocycles. The highest BCUT2D eigenvalue weighted by Crippen LogP contribution is 2.26. The van der Waals surface area contributed by atoms with Crippen LogP contribution in [0.25, 0.3) is 6.08 Å². The standard InChI is InChI=1S/C35H33N3O5S/c1-4-43-35(42)27-13-15-28(16-14-27)36-32(39)24(3)44-30-19-17-29(18-20-30)37-34(41)31(22-25-10-8-9-23(2)21-25)38-33(40)26-11-6-5-7-12-26/h5-22,24H,4H2,1-3H3,(H,36,39)(H,37,41)(H,38,40)/b31-22-. The Kier molecular flexibility index (Phi) is 11.1. The fourth-order valence-electron chi connectivity index (χ4n) is 4.09. The first-order chi connectivity index (χ1) is 21.2. The highest BCUT2D eigenvalue weighted by atomic mass is 32.2. The first kappa shape index (κ1) is 31.8. The highest BCUT2D eigenvalue weighted by molar-refractivity contribution is 8.00. The van der Waals surface area contributed by atoms with Gasteiger partial charge in [0.2, 0.25) is 5.91 Å². The van der Waals surface area contributed by atoms with Gasteiger partial charge in [-0.15, -0.1) is 11.8 Å². The molecule has 0 heterocycles. The third-order valence-corrected chi connectivity index (χ3v) is 7.45. The Balaban J connectivity index is 1.38. The van der Waals surface area contributed by atoms with E-state index in [4.69, 9.17) is 4.74 Å². The SMILES string of the molecule is CCOC(=O)c1ccc(NC(=O)C(C)Sc2ccc(NC(=O)/C(=C/c3cccc(C)c3)NC(=O)c3ccccc3)cc2)cc1. The van der Waals surface area contributed by atoms with Crippen LogP contribution < -0.4 is 16.0 Å². The molecule has 0 fully saturated rings. The van der Waals surface area contributed by atoms with Crippen molar-refractivity contribution in [1.29, 1.82) is 0 Å². The molecule has 0 saturated heterocycles. The van der Waals surface area contributed by atoms with Crippen molar-refractivity contribution in [1.82, 2.24) is 5.32 Å². The summed E-state index contributed by atoms with van der Waals surface area (Å²) in [5, 5.41) is 8.02. The van der Waals surface area contributed by atoms with Gasteiger partial charge in [0, 0.05) is 21.8 Å². The summed E-state index contributed by atoms with van der Waals surface area (Å²) in [6.45, 7) is 5.78. The molecule has 0 radical (unpaired) electrons.